The molecule has 0 saturated carbocycles. The van der Waals surface area contributed by atoms with Gasteiger partial charge in [-0.3, -0.25) is 4.79 Å². The smallest absolute Gasteiger partial charge is 0.316 e. The first-order chi connectivity index (χ1) is 11.2. The minimum Gasteiger partial charge on any atom is -0.480 e. The second kappa shape index (κ2) is 21.6. The van der Waals surface area contributed by atoms with E-state index in [0.29, 0.717) is 6.42 Å². The van der Waals surface area contributed by atoms with Crippen molar-refractivity contribution < 1.29 is 9.90 Å². The van der Waals surface area contributed by atoms with E-state index in [9.17, 15) is 4.79 Å². The Morgan fingerprint density at radius 3 is 1.29 bits per heavy atom. The van der Waals surface area contributed by atoms with Gasteiger partial charge < -0.3 is 5.11 Å². The Morgan fingerprint density at radius 1 is 0.708 bits per heavy atom. The largest absolute Gasteiger partial charge is 0.480 e. The first-order valence-electron chi connectivity index (χ1n) is 10.1. The van der Waals surface area contributed by atoms with Gasteiger partial charge in [-0.05, 0) is 6.42 Å². The zero-order valence-electron chi connectivity index (χ0n) is 15.4. The molecule has 2 nitrogen and oxygen atoms in total. The summed E-state index contributed by atoms with van der Waals surface area (Å²) in [6.07, 6.45) is 22.3. The molecular weight excluding hydrogens is 329 g/mol. The number of unbranched alkanes of at least 4 members (excludes halogenated alkanes) is 15. The quantitative estimate of drug-likeness (QED) is 0.173. The van der Waals surface area contributed by atoms with Gasteiger partial charge in [0.25, 0.3) is 0 Å². The average Bonchev–Trinajstić information content (AvgIpc) is 2.54. The van der Waals surface area contributed by atoms with E-state index in [2.05, 4.69) is 19.6 Å². The van der Waals surface area contributed by atoms with E-state index >= 15 is 0 Å². The van der Waals surface area contributed by atoms with E-state index in [1.165, 1.54) is 89.9 Å². The lowest BCUT2D eigenvalue weighted by atomic mass is 10.0. The summed E-state index contributed by atoms with van der Waals surface area (Å²) in [5, 5.41) is 8.26. The second-order valence-corrected chi connectivity index (χ2v) is 7.57. The highest BCUT2D eigenvalue weighted by Gasteiger charge is 2.10. The molecule has 0 aliphatic carbocycles. The summed E-state index contributed by atoms with van der Waals surface area (Å²) in [5.74, 6) is -0.783. The predicted octanol–water partition coefficient (Wildman–Crippen LogP) is 6.10. The first-order valence-corrected chi connectivity index (χ1v) is 10.6. The Bertz CT molecular complexity index is 262. The highest BCUT2D eigenvalue weighted by Crippen LogP contribution is 2.15. The Morgan fingerprint density at radius 2 is 1.00 bits per heavy atom. The molecule has 0 aliphatic heterocycles. The monoisotopic (exact) mass is 370 g/mol. The number of hydrogen-bond acceptors (Lipinski definition) is 2. The maximum atomic E-state index is 10.6. The lowest BCUT2D eigenvalue weighted by Gasteiger charge is -2.05. The molecule has 0 aromatic heterocycles. The molecule has 0 aliphatic rings. The fourth-order valence-electron chi connectivity index (χ4n) is 3.01. The standard InChI is InChI=1S/C20H40O2S.Mg.2H/c1-2-3-4-5-6-7-8-9-10-11-12-13-14-15-16-17-18-19(23)20(21)22;;;/h19,23H,2-18H2,1H3,(H,21,22);;;. The Labute approximate surface area is 172 Å². The van der Waals surface area contributed by atoms with Crippen LogP contribution in [0.15, 0.2) is 0 Å². The molecule has 0 aromatic rings. The van der Waals surface area contributed by atoms with Crippen molar-refractivity contribution in [2.75, 3.05) is 0 Å². The molecule has 0 amide bonds. The third kappa shape index (κ3) is 20.6. The van der Waals surface area contributed by atoms with E-state index in [0.717, 1.165) is 12.8 Å². The van der Waals surface area contributed by atoms with Gasteiger partial charge in [0.2, 0.25) is 0 Å². The van der Waals surface area contributed by atoms with Crippen LogP contribution in [-0.4, -0.2) is 39.4 Å². The fraction of sp³-hybridized carbons (Fsp3) is 0.950. The van der Waals surface area contributed by atoms with Crippen LogP contribution >= 0.6 is 12.6 Å². The van der Waals surface area contributed by atoms with Crippen LogP contribution in [0.2, 0.25) is 0 Å². The van der Waals surface area contributed by atoms with Crippen molar-refractivity contribution in [1.29, 1.82) is 0 Å². The molecule has 1 N–H and O–H groups in total. The first kappa shape index (κ1) is 26.8. The molecule has 0 rings (SSSR count). The molecule has 1 atom stereocenters. The summed E-state index contributed by atoms with van der Waals surface area (Å²) in [6.45, 7) is 2.27. The van der Waals surface area contributed by atoms with Crippen LogP contribution in [0, 0.1) is 0 Å². The van der Waals surface area contributed by atoms with Crippen LogP contribution in [0.5, 0.6) is 0 Å². The third-order valence-corrected chi connectivity index (χ3v) is 5.10. The van der Waals surface area contributed by atoms with Crippen molar-refractivity contribution in [2.45, 2.75) is 121 Å². The number of thiol groups is 1. The summed E-state index contributed by atoms with van der Waals surface area (Å²) in [5.41, 5.74) is 0. The van der Waals surface area contributed by atoms with Gasteiger partial charge in [0.1, 0.15) is 0 Å². The molecule has 0 radical (unpaired) electrons. The summed E-state index contributed by atoms with van der Waals surface area (Å²) < 4.78 is 0. The lowest BCUT2D eigenvalue weighted by molar-refractivity contribution is -0.136. The minimum absolute atomic E-state index is 0. The van der Waals surface area contributed by atoms with Crippen LogP contribution in [0.25, 0.3) is 0 Å². The van der Waals surface area contributed by atoms with Gasteiger partial charge in [-0.15, -0.1) is 0 Å². The van der Waals surface area contributed by atoms with Crippen molar-refractivity contribution in [2.24, 2.45) is 0 Å². The van der Waals surface area contributed by atoms with Crippen LogP contribution in [0.3, 0.4) is 0 Å². The Hall–Kier alpha value is 0.586. The van der Waals surface area contributed by atoms with Crippen molar-refractivity contribution in [3.63, 3.8) is 0 Å². The van der Waals surface area contributed by atoms with Crippen molar-refractivity contribution in [3.8, 4) is 0 Å². The van der Waals surface area contributed by atoms with Crippen LogP contribution in [0.4, 0.5) is 0 Å². The molecule has 0 heterocycles. The van der Waals surface area contributed by atoms with Gasteiger partial charge in [0.05, 0.1) is 5.25 Å². The summed E-state index contributed by atoms with van der Waals surface area (Å²) in [4.78, 5) is 10.6. The number of rotatable bonds is 18. The summed E-state index contributed by atoms with van der Waals surface area (Å²) in [7, 11) is 0. The van der Waals surface area contributed by atoms with Crippen molar-refractivity contribution in [3.05, 3.63) is 0 Å². The van der Waals surface area contributed by atoms with Gasteiger partial charge in [0.15, 0.2) is 0 Å². The Kier molecular flexibility index (Phi) is 24.2. The molecule has 0 aromatic carbocycles. The van der Waals surface area contributed by atoms with Crippen LogP contribution in [-0.2, 0) is 4.79 Å². The van der Waals surface area contributed by atoms with Crippen molar-refractivity contribution in [1.82, 2.24) is 0 Å². The fourth-order valence-corrected chi connectivity index (χ4v) is 3.19. The van der Waals surface area contributed by atoms with E-state index < -0.39 is 11.2 Å². The molecule has 24 heavy (non-hydrogen) atoms. The highest BCUT2D eigenvalue weighted by molar-refractivity contribution is 7.81. The van der Waals surface area contributed by atoms with Gasteiger partial charge in [0, 0.05) is 0 Å². The topological polar surface area (TPSA) is 37.3 Å². The number of carboxylic acid groups (broad SMARTS) is 1. The Balaban J connectivity index is 0. The molecule has 0 fully saturated rings. The van der Waals surface area contributed by atoms with E-state index in [4.69, 9.17) is 5.11 Å². The zero-order chi connectivity index (χ0) is 17.2. The molecular formula is C20H42MgO2S. The zero-order valence-corrected chi connectivity index (χ0v) is 16.3. The van der Waals surface area contributed by atoms with E-state index in [-0.39, 0.29) is 23.1 Å². The molecule has 142 valence electrons. The van der Waals surface area contributed by atoms with E-state index in [1.54, 1.807) is 0 Å². The third-order valence-electron chi connectivity index (χ3n) is 4.62. The summed E-state index contributed by atoms with van der Waals surface area (Å²) >= 11 is 4.05. The average molecular weight is 371 g/mol. The number of carbonyl (C=O) groups is 1. The maximum absolute atomic E-state index is 10.6. The molecule has 0 saturated heterocycles. The van der Waals surface area contributed by atoms with E-state index in [1.807, 2.05) is 0 Å². The normalized spacial score (nSPS) is 11.9. The van der Waals surface area contributed by atoms with Gasteiger partial charge in [-0.2, -0.15) is 12.6 Å². The summed E-state index contributed by atoms with van der Waals surface area (Å²) in [6, 6.07) is 0. The van der Waals surface area contributed by atoms with Gasteiger partial charge in [-0.25, -0.2) is 0 Å². The molecule has 1 unspecified atom stereocenters. The van der Waals surface area contributed by atoms with Gasteiger partial charge in [-0.1, -0.05) is 110 Å². The predicted molar refractivity (Wildman–Crippen MR) is 113 cm³/mol. The van der Waals surface area contributed by atoms with Crippen molar-refractivity contribution >= 4 is 41.7 Å². The van der Waals surface area contributed by atoms with Gasteiger partial charge >= 0.3 is 29.0 Å². The number of aliphatic carboxylic acids is 1. The molecule has 0 spiro atoms. The number of hydrogen-bond donors (Lipinski definition) is 2. The van der Waals surface area contributed by atoms with Crippen LogP contribution < -0.4 is 0 Å². The maximum Gasteiger partial charge on any atom is 0.316 e. The van der Waals surface area contributed by atoms with Crippen LogP contribution in [0.1, 0.15) is 116 Å². The molecule has 0 bridgehead atoms. The number of carboxylic acids is 1. The highest BCUT2D eigenvalue weighted by atomic mass is 32.1. The minimum atomic E-state index is -0.783. The molecule has 4 heteroatoms. The SMILES string of the molecule is CCCCCCCCCCCCCCCCCCC(S)C(=O)O.[MgH2]. The second-order valence-electron chi connectivity index (χ2n) is 6.95. The lowest BCUT2D eigenvalue weighted by Crippen LogP contribution is -2.12.